The fourth-order valence-corrected chi connectivity index (χ4v) is 2.78. The van der Waals surface area contributed by atoms with Gasteiger partial charge in [0.2, 0.25) is 0 Å². The average molecular weight is 306 g/mol. The molecule has 0 aromatic heterocycles. The molecule has 1 atom stereocenters. The lowest BCUT2D eigenvalue weighted by Gasteiger charge is -2.34. The Hall–Kier alpha value is -1.43. The van der Waals surface area contributed by atoms with Crippen LogP contribution in [-0.2, 0) is 11.3 Å². The molecule has 1 fully saturated rings. The Labute approximate surface area is 132 Å². The van der Waals surface area contributed by atoms with Gasteiger partial charge in [-0.2, -0.15) is 0 Å². The molecule has 1 aliphatic heterocycles. The van der Waals surface area contributed by atoms with Crippen molar-refractivity contribution < 1.29 is 14.6 Å². The number of carboxylic acid groups (broad SMARTS) is 1. The first-order chi connectivity index (χ1) is 10.5. The van der Waals surface area contributed by atoms with Gasteiger partial charge in [-0.3, -0.25) is 4.90 Å². The number of morpholine rings is 1. The SMILES string of the molecule is CC(C)CN1CCOC(CNCc2cccc(C(=O)O)c2)C1. The Kier molecular flexibility index (Phi) is 6.36. The van der Waals surface area contributed by atoms with Gasteiger partial charge >= 0.3 is 5.97 Å². The van der Waals surface area contributed by atoms with E-state index in [1.54, 1.807) is 18.2 Å². The number of benzene rings is 1. The highest BCUT2D eigenvalue weighted by atomic mass is 16.5. The molecule has 1 aliphatic rings. The molecule has 0 amide bonds. The topological polar surface area (TPSA) is 61.8 Å². The lowest BCUT2D eigenvalue weighted by Crippen LogP contribution is -2.47. The van der Waals surface area contributed by atoms with Gasteiger partial charge < -0.3 is 15.2 Å². The predicted octanol–water partition coefficient (Wildman–Crippen LogP) is 1.83. The van der Waals surface area contributed by atoms with Crippen molar-refractivity contribution in [3.8, 4) is 0 Å². The molecule has 1 aromatic rings. The fraction of sp³-hybridized carbons (Fsp3) is 0.588. The van der Waals surface area contributed by atoms with Gasteiger partial charge in [-0.05, 0) is 23.6 Å². The quantitative estimate of drug-likeness (QED) is 0.805. The third-order valence-electron chi connectivity index (χ3n) is 3.72. The summed E-state index contributed by atoms with van der Waals surface area (Å²) in [7, 11) is 0. The van der Waals surface area contributed by atoms with Crippen LogP contribution in [0.2, 0.25) is 0 Å². The maximum atomic E-state index is 11.0. The highest BCUT2D eigenvalue weighted by Gasteiger charge is 2.20. The van der Waals surface area contributed by atoms with Crippen LogP contribution in [0.5, 0.6) is 0 Å². The first-order valence-electron chi connectivity index (χ1n) is 7.91. The molecule has 22 heavy (non-hydrogen) atoms. The van der Waals surface area contributed by atoms with Crippen LogP contribution in [-0.4, -0.2) is 54.9 Å². The second-order valence-corrected chi connectivity index (χ2v) is 6.28. The number of carboxylic acids is 1. The molecule has 1 heterocycles. The average Bonchev–Trinajstić information content (AvgIpc) is 2.47. The molecule has 1 unspecified atom stereocenters. The third kappa shape index (κ3) is 5.40. The second-order valence-electron chi connectivity index (χ2n) is 6.28. The monoisotopic (exact) mass is 306 g/mol. The molecule has 2 rings (SSSR count). The summed E-state index contributed by atoms with van der Waals surface area (Å²) < 4.78 is 5.79. The molecule has 2 N–H and O–H groups in total. The minimum atomic E-state index is -0.887. The van der Waals surface area contributed by atoms with Crippen molar-refractivity contribution in [3.63, 3.8) is 0 Å². The van der Waals surface area contributed by atoms with E-state index in [9.17, 15) is 4.79 Å². The summed E-state index contributed by atoms with van der Waals surface area (Å²) in [6.07, 6.45) is 0.204. The smallest absolute Gasteiger partial charge is 0.335 e. The summed E-state index contributed by atoms with van der Waals surface area (Å²) in [6, 6.07) is 7.04. The van der Waals surface area contributed by atoms with Crippen LogP contribution in [0.25, 0.3) is 0 Å². The van der Waals surface area contributed by atoms with Crippen LogP contribution in [0, 0.1) is 5.92 Å². The fourth-order valence-electron chi connectivity index (χ4n) is 2.78. The Morgan fingerprint density at radius 2 is 2.32 bits per heavy atom. The van der Waals surface area contributed by atoms with Crippen molar-refractivity contribution in [2.24, 2.45) is 5.92 Å². The first kappa shape index (κ1) is 16.9. The molecule has 0 radical (unpaired) electrons. The van der Waals surface area contributed by atoms with Gasteiger partial charge in [0.1, 0.15) is 0 Å². The second kappa shape index (κ2) is 8.27. The minimum Gasteiger partial charge on any atom is -0.478 e. The third-order valence-corrected chi connectivity index (χ3v) is 3.72. The Morgan fingerprint density at radius 1 is 1.50 bits per heavy atom. The van der Waals surface area contributed by atoms with E-state index in [2.05, 4.69) is 24.1 Å². The number of hydrogen-bond donors (Lipinski definition) is 2. The largest absolute Gasteiger partial charge is 0.478 e. The van der Waals surface area contributed by atoms with Crippen molar-refractivity contribution in [1.29, 1.82) is 0 Å². The van der Waals surface area contributed by atoms with Gasteiger partial charge in [-0.15, -0.1) is 0 Å². The lowest BCUT2D eigenvalue weighted by molar-refractivity contribution is -0.0303. The van der Waals surface area contributed by atoms with Crippen LogP contribution < -0.4 is 5.32 Å². The molecule has 1 aromatic carbocycles. The number of nitrogens with one attached hydrogen (secondary N) is 1. The Bertz CT molecular complexity index is 491. The van der Waals surface area contributed by atoms with E-state index in [0.29, 0.717) is 18.0 Å². The number of rotatable bonds is 7. The Morgan fingerprint density at radius 3 is 3.05 bits per heavy atom. The van der Waals surface area contributed by atoms with Gasteiger partial charge in [-0.1, -0.05) is 26.0 Å². The predicted molar refractivity (Wildman–Crippen MR) is 86.1 cm³/mol. The van der Waals surface area contributed by atoms with Crippen LogP contribution >= 0.6 is 0 Å². The molecular weight excluding hydrogens is 280 g/mol. The molecule has 0 aliphatic carbocycles. The van der Waals surface area contributed by atoms with Gasteiger partial charge in [0.15, 0.2) is 0 Å². The number of aromatic carboxylic acids is 1. The molecule has 0 bridgehead atoms. The van der Waals surface area contributed by atoms with Crippen molar-refractivity contribution >= 4 is 5.97 Å². The van der Waals surface area contributed by atoms with Gasteiger partial charge in [0.25, 0.3) is 0 Å². The summed E-state index contributed by atoms with van der Waals surface area (Å²) in [5.41, 5.74) is 1.31. The van der Waals surface area contributed by atoms with Gasteiger partial charge in [0, 0.05) is 32.7 Å². The highest BCUT2D eigenvalue weighted by Crippen LogP contribution is 2.08. The molecular formula is C17H26N2O3. The molecule has 1 saturated heterocycles. The van der Waals surface area contributed by atoms with Crippen LogP contribution in [0.3, 0.4) is 0 Å². The van der Waals surface area contributed by atoms with Crippen molar-refractivity contribution in [1.82, 2.24) is 10.2 Å². The summed E-state index contributed by atoms with van der Waals surface area (Å²) in [5, 5.41) is 12.4. The van der Waals surface area contributed by atoms with Crippen molar-refractivity contribution in [2.45, 2.75) is 26.5 Å². The first-order valence-corrected chi connectivity index (χ1v) is 7.91. The zero-order chi connectivity index (χ0) is 15.9. The van der Waals surface area contributed by atoms with E-state index in [4.69, 9.17) is 9.84 Å². The van der Waals surface area contributed by atoms with E-state index in [0.717, 1.165) is 38.3 Å². The molecule has 0 saturated carbocycles. The Balaban J connectivity index is 1.76. The maximum Gasteiger partial charge on any atom is 0.335 e. The van der Waals surface area contributed by atoms with Crippen molar-refractivity contribution in [3.05, 3.63) is 35.4 Å². The zero-order valence-electron chi connectivity index (χ0n) is 13.4. The maximum absolute atomic E-state index is 11.0. The molecule has 5 nitrogen and oxygen atoms in total. The van der Waals surface area contributed by atoms with Crippen LogP contribution in [0.1, 0.15) is 29.8 Å². The summed E-state index contributed by atoms with van der Waals surface area (Å²) in [5.74, 6) is -0.216. The van der Waals surface area contributed by atoms with Crippen LogP contribution in [0.15, 0.2) is 24.3 Å². The summed E-state index contributed by atoms with van der Waals surface area (Å²) in [4.78, 5) is 13.4. The zero-order valence-corrected chi connectivity index (χ0v) is 13.4. The molecule has 5 heteroatoms. The van der Waals surface area contributed by atoms with Crippen molar-refractivity contribution in [2.75, 3.05) is 32.8 Å². The van der Waals surface area contributed by atoms with E-state index < -0.39 is 5.97 Å². The normalized spacial score (nSPS) is 19.5. The summed E-state index contributed by atoms with van der Waals surface area (Å²) in [6.45, 7) is 9.77. The molecule has 122 valence electrons. The van der Waals surface area contributed by atoms with Gasteiger partial charge in [-0.25, -0.2) is 4.79 Å². The number of hydrogen-bond acceptors (Lipinski definition) is 4. The highest BCUT2D eigenvalue weighted by molar-refractivity contribution is 5.87. The number of nitrogens with zero attached hydrogens (tertiary/aromatic N) is 1. The van der Waals surface area contributed by atoms with Gasteiger partial charge in [0.05, 0.1) is 18.3 Å². The standard InChI is InChI=1S/C17H26N2O3/c1-13(2)11-19-6-7-22-16(12-19)10-18-9-14-4-3-5-15(8-14)17(20)21/h3-5,8,13,16,18H,6-7,9-12H2,1-2H3,(H,20,21). The number of carbonyl (C=O) groups is 1. The van der Waals surface area contributed by atoms with E-state index >= 15 is 0 Å². The van der Waals surface area contributed by atoms with E-state index in [1.165, 1.54) is 0 Å². The van der Waals surface area contributed by atoms with E-state index in [-0.39, 0.29) is 6.10 Å². The molecule has 0 spiro atoms. The van der Waals surface area contributed by atoms with E-state index in [1.807, 2.05) is 6.07 Å². The summed E-state index contributed by atoms with van der Waals surface area (Å²) >= 11 is 0. The lowest BCUT2D eigenvalue weighted by atomic mass is 10.1. The van der Waals surface area contributed by atoms with Crippen LogP contribution in [0.4, 0.5) is 0 Å². The number of ether oxygens (including phenoxy) is 1. The minimum absolute atomic E-state index is 0.204.